The number of benzene rings is 2. The van der Waals surface area contributed by atoms with Gasteiger partial charge < -0.3 is 5.11 Å². The van der Waals surface area contributed by atoms with Gasteiger partial charge in [-0.2, -0.15) is 13.2 Å². The molecule has 0 saturated heterocycles. The maximum absolute atomic E-state index is 14.6. The van der Waals surface area contributed by atoms with E-state index in [4.69, 9.17) is 0 Å². The zero-order valence-corrected chi connectivity index (χ0v) is 17.7. The highest BCUT2D eigenvalue weighted by atomic mass is 32.2. The number of halogens is 4. The number of aromatic nitrogens is 3. The summed E-state index contributed by atoms with van der Waals surface area (Å²) < 4.78 is 77.8. The minimum absolute atomic E-state index is 0.0690. The Morgan fingerprint density at radius 1 is 1.06 bits per heavy atom. The maximum atomic E-state index is 14.6. The van der Waals surface area contributed by atoms with Crippen molar-refractivity contribution in [2.45, 2.75) is 23.9 Å². The minimum Gasteiger partial charge on any atom is -0.493 e. The predicted molar refractivity (Wildman–Crippen MR) is 110 cm³/mol. The van der Waals surface area contributed by atoms with Crippen molar-refractivity contribution in [3.05, 3.63) is 82.3 Å². The molecule has 33 heavy (non-hydrogen) atoms. The summed E-state index contributed by atoms with van der Waals surface area (Å²) in [4.78, 5) is 16.0. The molecule has 4 rings (SSSR count). The highest BCUT2D eigenvalue weighted by Crippen LogP contribution is 2.31. The van der Waals surface area contributed by atoms with E-state index in [1.165, 1.54) is 6.92 Å². The molecule has 0 aliphatic carbocycles. The van der Waals surface area contributed by atoms with Gasteiger partial charge in [0.15, 0.2) is 0 Å². The normalized spacial score (nSPS) is 12.4. The lowest BCUT2D eigenvalue weighted by molar-refractivity contribution is -0.0436. The van der Waals surface area contributed by atoms with Gasteiger partial charge in [0.2, 0.25) is 5.88 Å². The highest BCUT2D eigenvalue weighted by molar-refractivity contribution is 7.92. The molecule has 2 aromatic carbocycles. The number of imidazole rings is 1. The number of aromatic hydroxyl groups is 1. The molecular formula is C21H15F4N3O4S. The van der Waals surface area contributed by atoms with Gasteiger partial charge in [-0.15, -0.1) is 0 Å². The molecule has 1 N–H and O–H groups in total. The van der Waals surface area contributed by atoms with Gasteiger partial charge in [-0.3, -0.25) is 9.55 Å². The van der Waals surface area contributed by atoms with Crippen molar-refractivity contribution in [1.29, 1.82) is 0 Å². The van der Waals surface area contributed by atoms with Crippen LogP contribution in [0.1, 0.15) is 11.3 Å². The Labute approximate surface area is 184 Å². The van der Waals surface area contributed by atoms with E-state index in [0.717, 1.165) is 27.5 Å². The summed E-state index contributed by atoms with van der Waals surface area (Å²) >= 11 is 0. The van der Waals surface area contributed by atoms with Crippen LogP contribution in [0.3, 0.4) is 0 Å². The smallest absolute Gasteiger partial charge is 0.493 e. The van der Waals surface area contributed by atoms with Crippen molar-refractivity contribution >= 4 is 20.7 Å². The third-order valence-corrected chi connectivity index (χ3v) is 6.73. The molecule has 0 aliphatic rings. The van der Waals surface area contributed by atoms with Crippen LogP contribution in [0.2, 0.25) is 0 Å². The van der Waals surface area contributed by atoms with Gasteiger partial charge in [0.25, 0.3) is 9.84 Å². The maximum Gasteiger partial charge on any atom is 0.501 e. The predicted octanol–water partition coefficient (Wildman–Crippen LogP) is 3.68. The van der Waals surface area contributed by atoms with Crippen molar-refractivity contribution in [3.63, 3.8) is 0 Å². The number of hydrogen-bond acceptors (Lipinski definition) is 5. The molecule has 7 nitrogen and oxygen atoms in total. The van der Waals surface area contributed by atoms with Gasteiger partial charge >= 0.3 is 11.2 Å². The summed E-state index contributed by atoms with van der Waals surface area (Å²) in [5.41, 5.74) is -5.60. The van der Waals surface area contributed by atoms with Crippen molar-refractivity contribution in [1.82, 2.24) is 14.1 Å². The Balaban J connectivity index is 1.80. The second-order valence-electron chi connectivity index (χ2n) is 7.16. The molecule has 0 aliphatic heterocycles. The topological polar surface area (TPSA) is 94.2 Å². The second kappa shape index (κ2) is 7.73. The average molecular weight is 481 g/mol. The molecule has 0 radical (unpaired) electrons. The number of para-hydroxylation sites is 1. The number of pyridine rings is 1. The third-order valence-electron chi connectivity index (χ3n) is 5.22. The zero-order valence-electron chi connectivity index (χ0n) is 16.8. The molecule has 0 bridgehead atoms. The summed E-state index contributed by atoms with van der Waals surface area (Å²) in [6, 6.07) is 10.0. The summed E-state index contributed by atoms with van der Waals surface area (Å²) in [5.74, 6) is -1.18. The van der Waals surface area contributed by atoms with Crippen molar-refractivity contribution in [2.75, 3.05) is 0 Å². The Kier molecular flexibility index (Phi) is 5.27. The van der Waals surface area contributed by atoms with Crippen LogP contribution in [0.5, 0.6) is 5.88 Å². The van der Waals surface area contributed by atoms with Crippen LogP contribution < -0.4 is 5.69 Å². The van der Waals surface area contributed by atoms with Crippen LogP contribution in [0, 0.1) is 12.7 Å². The van der Waals surface area contributed by atoms with Gasteiger partial charge in [0, 0.05) is 10.9 Å². The van der Waals surface area contributed by atoms with Gasteiger partial charge in [0.05, 0.1) is 34.5 Å². The molecule has 0 unspecified atom stereocenters. The molecule has 2 aromatic heterocycles. The Hall–Kier alpha value is -3.67. The van der Waals surface area contributed by atoms with Gasteiger partial charge in [0.1, 0.15) is 5.82 Å². The third kappa shape index (κ3) is 3.65. The van der Waals surface area contributed by atoms with Crippen molar-refractivity contribution in [2.24, 2.45) is 0 Å². The monoisotopic (exact) mass is 481 g/mol. The molecule has 0 spiro atoms. The van der Waals surface area contributed by atoms with E-state index in [1.54, 1.807) is 24.3 Å². The van der Waals surface area contributed by atoms with Crippen LogP contribution >= 0.6 is 0 Å². The summed E-state index contributed by atoms with van der Waals surface area (Å²) in [5, 5.41) is 11.0. The van der Waals surface area contributed by atoms with Crippen LogP contribution in [0.15, 0.2) is 64.4 Å². The van der Waals surface area contributed by atoms with Crippen LogP contribution in [0.4, 0.5) is 17.6 Å². The first kappa shape index (κ1) is 22.5. The molecule has 0 saturated carbocycles. The number of sulfone groups is 1. The molecule has 0 atom stereocenters. The first-order valence-corrected chi connectivity index (χ1v) is 10.9. The summed E-state index contributed by atoms with van der Waals surface area (Å²) in [6.45, 7) is 1.16. The van der Waals surface area contributed by atoms with Crippen LogP contribution in [-0.4, -0.2) is 33.2 Å². The van der Waals surface area contributed by atoms with E-state index in [1.807, 2.05) is 0 Å². The van der Waals surface area contributed by atoms with E-state index in [2.05, 4.69) is 4.98 Å². The number of alkyl halides is 3. The number of nitrogens with zero attached hydrogens (tertiary/aromatic N) is 3. The van der Waals surface area contributed by atoms with Crippen LogP contribution in [-0.2, 0) is 16.4 Å². The largest absolute Gasteiger partial charge is 0.501 e. The van der Waals surface area contributed by atoms with E-state index in [-0.39, 0.29) is 23.5 Å². The standard InChI is InChI=1S/C21H15F4N3O4S/c1-12-19(29)28(13-6-8-14(9-7-13)33(31,32)21(23,24)25)20(30)27(12)11-16-15-4-2-3-5-18(15)26-10-17(16)22/h2-10,29H,11H2,1H3. The van der Waals surface area contributed by atoms with Crippen molar-refractivity contribution < 1.29 is 31.1 Å². The van der Waals surface area contributed by atoms with Gasteiger partial charge in [-0.25, -0.2) is 22.2 Å². The van der Waals surface area contributed by atoms with E-state index >= 15 is 0 Å². The SMILES string of the molecule is Cc1c(O)n(-c2ccc(S(=O)(=O)C(F)(F)F)cc2)c(=O)n1Cc1c(F)cnc2ccccc12. The zero-order chi connectivity index (χ0) is 24.1. The number of fused-ring (bicyclic) bond motifs is 1. The molecule has 0 amide bonds. The Bertz CT molecular complexity index is 1540. The molecule has 2 heterocycles. The quantitative estimate of drug-likeness (QED) is 0.449. The first-order valence-electron chi connectivity index (χ1n) is 9.38. The fraction of sp³-hybridized carbons (Fsp3) is 0.143. The lowest BCUT2D eigenvalue weighted by atomic mass is 10.1. The highest BCUT2D eigenvalue weighted by Gasteiger charge is 2.46. The van der Waals surface area contributed by atoms with E-state index in [0.29, 0.717) is 23.0 Å². The number of hydrogen-bond donors (Lipinski definition) is 1. The van der Waals surface area contributed by atoms with Crippen LogP contribution in [0.25, 0.3) is 16.6 Å². The fourth-order valence-corrected chi connectivity index (χ4v) is 4.22. The minimum atomic E-state index is -5.57. The van der Waals surface area contributed by atoms with Gasteiger partial charge in [-0.1, -0.05) is 18.2 Å². The van der Waals surface area contributed by atoms with Crippen molar-refractivity contribution in [3.8, 4) is 11.6 Å². The number of rotatable bonds is 4. The van der Waals surface area contributed by atoms with E-state index in [9.17, 15) is 35.9 Å². The lowest BCUT2D eigenvalue weighted by Crippen LogP contribution is -2.25. The first-order chi connectivity index (χ1) is 15.4. The average Bonchev–Trinajstić information content (AvgIpc) is 2.98. The molecular weight excluding hydrogens is 466 g/mol. The summed E-state index contributed by atoms with van der Waals surface area (Å²) in [7, 11) is -5.57. The second-order valence-corrected chi connectivity index (χ2v) is 9.10. The molecule has 172 valence electrons. The molecule has 12 heteroatoms. The summed E-state index contributed by atoms with van der Waals surface area (Å²) in [6.07, 6.45) is 1.02. The molecule has 0 fully saturated rings. The van der Waals surface area contributed by atoms with Gasteiger partial charge in [-0.05, 0) is 37.3 Å². The fourth-order valence-electron chi connectivity index (χ4n) is 3.46. The lowest BCUT2D eigenvalue weighted by Gasteiger charge is -2.09. The Morgan fingerprint density at radius 3 is 2.33 bits per heavy atom. The van der Waals surface area contributed by atoms with E-state index < -0.39 is 37.6 Å². The Morgan fingerprint density at radius 2 is 1.70 bits per heavy atom. The molecule has 4 aromatic rings.